The van der Waals surface area contributed by atoms with E-state index in [0.717, 1.165) is 7.11 Å². The molecule has 4 aliphatic rings. The molecule has 8 unspecified atom stereocenters. The Morgan fingerprint density at radius 3 is 2.60 bits per heavy atom. The number of amides is 2. The Morgan fingerprint density at radius 2 is 1.93 bits per heavy atom. The lowest BCUT2D eigenvalue weighted by molar-refractivity contribution is -0.286. The third-order valence-electron chi connectivity index (χ3n) is 12.6. The number of aliphatic hydroxyl groups is 6. The number of fused-ring (bicyclic) bond motifs is 2. The third-order valence-corrected chi connectivity index (χ3v) is 17.8. The van der Waals surface area contributed by atoms with Crippen molar-refractivity contribution in [1.82, 2.24) is 30.2 Å². The zero-order valence-corrected chi connectivity index (χ0v) is 40.4. The largest absolute Gasteiger partial charge is 0.464 e. The number of H-pyrrole nitrogens is 1. The number of ether oxygens (including phenoxy) is 3. The number of thioether (sulfide) groups is 2. The minimum Gasteiger partial charge on any atom is -0.464 e. The fraction of sp³-hybridized carbons (Fsp3) is 0.692. The van der Waals surface area contributed by atoms with Gasteiger partial charge < -0.3 is 85.4 Å². The summed E-state index contributed by atoms with van der Waals surface area (Å²) in [5.41, 5.74) is 10.6. The molecule has 15 atom stereocenters. The molecule has 372 valence electrons. The number of imidazole rings is 1. The molecule has 3 aliphatic heterocycles. The lowest BCUT2D eigenvalue weighted by Gasteiger charge is -2.47. The first-order valence-corrected chi connectivity index (χ1v) is 25.7. The van der Waals surface area contributed by atoms with Crippen LogP contribution in [-0.2, 0) is 50.7 Å². The van der Waals surface area contributed by atoms with Gasteiger partial charge in [0, 0.05) is 22.6 Å². The van der Waals surface area contributed by atoms with Crippen molar-refractivity contribution in [3.8, 4) is 5.88 Å². The Bertz CT molecular complexity index is 2420. The van der Waals surface area contributed by atoms with E-state index in [1.807, 2.05) is 6.26 Å². The number of rotatable bonds is 17. The Morgan fingerprint density at radius 1 is 1.21 bits per heavy atom. The monoisotopic (exact) mass is 1020 g/mol. The Kier molecular flexibility index (Phi) is 15.5. The van der Waals surface area contributed by atoms with Gasteiger partial charge in [-0.15, -0.1) is 11.8 Å². The number of esters is 1. The van der Waals surface area contributed by atoms with Crippen LogP contribution in [-0.4, -0.2) is 165 Å². The molecule has 3 aromatic rings. The van der Waals surface area contributed by atoms with Crippen LogP contribution < -0.4 is 26.8 Å². The summed E-state index contributed by atoms with van der Waals surface area (Å²) in [6, 6.07) is -3.87. The molecule has 13 N–H and O–H groups in total. The van der Waals surface area contributed by atoms with Crippen molar-refractivity contribution in [2.24, 2.45) is 17.6 Å². The van der Waals surface area contributed by atoms with Crippen LogP contribution in [0.2, 0.25) is 0 Å². The summed E-state index contributed by atoms with van der Waals surface area (Å²) in [6.45, 7) is 3.16. The number of carbonyl (C=O) groups is 3. The summed E-state index contributed by atoms with van der Waals surface area (Å²) < 4.78 is 50.7. The first kappa shape index (κ1) is 51.4. The van der Waals surface area contributed by atoms with Crippen LogP contribution in [0.25, 0.3) is 11.2 Å². The average molecular weight is 1020 g/mol. The van der Waals surface area contributed by atoms with Crippen molar-refractivity contribution in [1.29, 1.82) is 0 Å². The number of nitrogen functional groups attached to an aromatic ring is 1. The van der Waals surface area contributed by atoms with Gasteiger partial charge in [-0.25, -0.2) is 9.78 Å². The number of aliphatic hydroxyl groups excluding tert-OH is 5. The third kappa shape index (κ3) is 10.00. The van der Waals surface area contributed by atoms with Crippen molar-refractivity contribution in [3.05, 3.63) is 28.4 Å². The van der Waals surface area contributed by atoms with E-state index in [2.05, 4.69) is 25.6 Å². The number of hydrogen-bond donors (Lipinski definition) is 11. The van der Waals surface area contributed by atoms with E-state index in [4.69, 9.17) is 51.4 Å². The van der Waals surface area contributed by atoms with Crippen molar-refractivity contribution < 1.29 is 77.3 Å². The number of aromatic nitrogens is 4. The minimum atomic E-state index is -3.96. The van der Waals surface area contributed by atoms with Gasteiger partial charge >= 0.3 is 19.4 Å². The molecular weight excluding hydrogens is 964 g/mol. The first-order chi connectivity index (χ1) is 31.6. The standard InChI is InChI=1S/C39H57N8O16PS3/c1-15(2)23(44-31(53)19(40)6-7-66-5)32(54)45-24-20(49)9-39(36(55)58-4,62-27(24)26(51)21(50)11-48)63-33-18-13-60-64(57,59-12-16(18)10-42-33)22-8-17(22)29-38(3,56)28(52)34(67-29)47-14-43-25-30(47)46-37(41)61-35(25)65/h10,14-15,17,19-24,26-29,34,42,48-52,56H,6-9,11-13,40H2,1-5H3,(H2,41,46)(H,44,53)(H,45,54)/t17?,19-,20+,21-,22?,23?,24-,26-,27-,28?,29?,34?,38?,39-,64?/m1/s1. The number of hydrogen-bond acceptors (Lipinski definition) is 23. The molecule has 6 heterocycles. The Balaban J connectivity index is 1.08. The van der Waals surface area contributed by atoms with Gasteiger partial charge in [-0.3, -0.25) is 18.7 Å². The van der Waals surface area contributed by atoms with E-state index in [0.29, 0.717) is 24.2 Å². The normalized spacial score (nSPS) is 33.6. The Hall–Kier alpha value is -3.41. The number of aromatic amines is 1. The summed E-state index contributed by atoms with van der Waals surface area (Å²) >= 11 is 7.96. The molecule has 0 aromatic carbocycles. The van der Waals surface area contributed by atoms with Crippen molar-refractivity contribution in [2.45, 2.75) is 130 Å². The van der Waals surface area contributed by atoms with Gasteiger partial charge in [-0.2, -0.15) is 16.7 Å². The van der Waals surface area contributed by atoms with Crippen LogP contribution in [0.5, 0.6) is 5.88 Å². The molecule has 2 amide bonds. The molecule has 7 rings (SSSR count). The molecule has 3 fully saturated rings. The number of nitrogens with one attached hydrogen (secondary N) is 3. The lowest BCUT2D eigenvalue weighted by atomic mass is 9.88. The first-order valence-electron chi connectivity index (χ1n) is 21.3. The topological polar surface area (TPSA) is 372 Å². The van der Waals surface area contributed by atoms with E-state index < -0.39 is 133 Å². The average Bonchev–Trinajstić information content (AvgIpc) is 3.81. The van der Waals surface area contributed by atoms with Gasteiger partial charge in [-0.1, -0.05) is 13.8 Å². The number of carbonyl (C=O) groups excluding carboxylic acids is 3. The highest BCUT2D eigenvalue weighted by Gasteiger charge is 2.65. The van der Waals surface area contributed by atoms with Crippen LogP contribution in [0.3, 0.4) is 0 Å². The molecule has 0 spiro atoms. The second kappa shape index (κ2) is 20.1. The maximum Gasteiger partial charge on any atom is 0.379 e. The number of nitrogens with two attached hydrogens (primary N) is 2. The van der Waals surface area contributed by atoms with E-state index >= 15 is 0 Å². The second-order valence-corrected chi connectivity index (χ2v) is 22.4. The highest BCUT2D eigenvalue weighted by molar-refractivity contribution is 8.00. The van der Waals surface area contributed by atoms with Crippen LogP contribution in [0.1, 0.15) is 56.5 Å². The highest BCUT2D eigenvalue weighted by atomic mass is 32.2. The van der Waals surface area contributed by atoms with Gasteiger partial charge in [0.1, 0.15) is 41.4 Å². The molecule has 24 nitrogen and oxygen atoms in total. The van der Waals surface area contributed by atoms with Gasteiger partial charge in [0.05, 0.1) is 63.5 Å². The molecule has 1 aliphatic carbocycles. The zero-order valence-electron chi connectivity index (χ0n) is 37.0. The fourth-order valence-corrected chi connectivity index (χ4v) is 13.6. The molecule has 28 heteroatoms. The lowest BCUT2D eigenvalue weighted by Crippen LogP contribution is -2.70. The molecule has 0 radical (unpaired) electrons. The highest BCUT2D eigenvalue weighted by Crippen LogP contribution is 2.71. The number of nitrogens with zero attached hydrogens (tertiary/aromatic N) is 3. The SMILES string of the molecule is COC(=O)[C@]1(Oc2[nH]cc3c2COP(=O)(C2CC2C2SC(n4cnc5c(=S)oc(N)nc54)C(O)C2(C)O)OC3)C[C@H](O)[C@@H](NC(=O)C(NC(=O)[C@H](N)CCSC)C(C)C)[C@H]([C@H](O)[C@H](O)CO)O1. The molecule has 3 aromatic heterocycles. The Labute approximate surface area is 397 Å². The molecule has 2 saturated heterocycles. The molecule has 0 bridgehead atoms. The van der Waals surface area contributed by atoms with E-state index in [9.17, 15) is 49.6 Å². The predicted octanol–water partition coefficient (Wildman–Crippen LogP) is -0.463. The molecular formula is C39H57N8O16PS3. The summed E-state index contributed by atoms with van der Waals surface area (Å²) in [7, 11) is -2.95. The van der Waals surface area contributed by atoms with Gasteiger partial charge in [-0.05, 0) is 55.8 Å². The summed E-state index contributed by atoms with van der Waals surface area (Å²) in [5, 5.41) is 70.3. The van der Waals surface area contributed by atoms with Crippen LogP contribution in [0.15, 0.2) is 16.9 Å². The summed E-state index contributed by atoms with van der Waals surface area (Å²) in [6.07, 6.45) is -4.29. The summed E-state index contributed by atoms with van der Waals surface area (Å²) in [4.78, 5) is 51.8. The molecule has 1 saturated carbocycles. The predicted molar refractivity (Wildman–Crippen MR) is 242 cm³/mol. The summed E-state index contributed by atoms with van der Waals surface area (Å²) in [5.74, 6) is -5.72. The van der Waals surface area contributed by atoms with Crippen LogP contribution in [0.4, 0.5) is 6.01 Å². The minimum absolute atomic E-state index is 0.00586. The van der Waals surface area contributed by atoms with Gasteiger partial charge in [0.15, 0.2) is 11.2 Å². The maximum absolute atomic E-state index is 14.5. The van der Waals surface area contributed by atoms with Crippen molar-refractivity contribution >= 4 is 78.3 Å². The van der Waals surface area contributed by atoms with Crippen molar-refractivity contribution in [3.63, 3.8) is 0 Å². The second-order valence-electron chi connectivity index (χ2n) is 17.6. The van der Waals surface area contributed by atoms with Gasteiger partial charge in [0.2, 0.25) is 22.4 Å². The molecule has 67 heavy (non-hydrogen) atoms. The number of anilines is 1. The maximum atomic E-state index is 14.5. The quantitative estimate of drug-likeness (QED) is 0.0463. The zero-order chi connectivity index (χ0) is 48.9. The number of methoxy groups -OCH3 is 1. The smallest absolute Gasteiger partial charge is 0.379 e. The van der Waals surface area contributed by atoms with Gasteiger partial charge in [0.25, 0.3) is 6.01 Å². The van der Waals surface area contributed by atoms with Crippen LogP contribution in [0, 0.1) is 16.5 Å². The van der Waals surface area contributed by atoms with E-state index in [1.54, 1.807) is 18.4 Å². The van der Waals surface area contributed by atoms with E-state index in [-0.39, 0.29) is 39.9 Å². The van der Waals surface area contributed by atoms with Crippen molar-refractivity contribution in [2.75, 3.05) is 31.5 Å². The van der Waals surface area contributed by atoms with Crippen LogP contribution >= 0.6 is 43.3 Å². The fourth-order valence-electron chi connectivity index (χ4n) is 8.65. The van der Waals surface area contributed by atoms with E-state index in [1.165, 1.54) is 43.0 Å².